The number of benzene rings is 1. The minimum Gasteiger partial charge on any atom is -0.496 e. The van der Waals surface area contributed by atoms with Crippen LogP contribution in [-0.2, 0) is 0 Å². The number of ether oxygens (including phenoxy) is 3. The van der Waals surface area contributed by atoms with Crippen LogP contribution in [0.3, 0.4) is 0 Å². The summed E-state index contributed by atoms with van der Waals surface area (Å²) in [5.74, 6) is 2.02. The molecule has 0 heterocycles. The van der Waals surface area contributed by atoms with E-state index < -0.39 is 0 Å². The number of hydrogen-bond donors (Lipinski definition) is 0. The van der Waals surface area contributed by atoms with Crippen molar-refractivity contribution < 1.29 is 14.2 Å². The second-order valence-electron chi connectivity index (χ2n) is 2.51. The van der Waals surface area contributed by atoms with Gasteiger partial charge < -0.3 is 14.2 Å². The fourth-order valence-electron chi connectivity index (χ4n) is 1.08. The molecule has 71 valence electrons. The molecule has 0 spiro atoms. The first-order chi connectivity index (χ1) is 6.22. The lowest BCUT2D eigenvalue weighted by Crippen LogP contribution is -1.94. The van der Waals surface area contributed by atoms with Crippen LogP contribution in [0, 0.1) is 6.92 Å². The molecule has 3 heteroatoms. The predicted octanol–water partition coefficient (Wildman–Crippen LogP) is 1.89. The third kappa shape index (κ3) is 1.86. The Hall–Kier alpha value is -1.38. The topological polar surface area (TPSA) is 27.7 Å². The van der Waals surface area contributed by atoms with E-state index in [0.717, 1.165) is 5.56 Å². The summed E-state index contributed by atoms with van der Waals surface area (Å²) in [6.07, 6.45) is 0. The molecule has 13 heavy (non-hydrogen) atoms. The van der Waals surface area contributed by atoms with Gasteiger partial charge in [-0.05, 0) is 6.92 Å². The van der Waals surface area contributed by atoms with Gasteiger partial charge in [0.25, 0.3) is 0 Å². The zero-order chi connectivity index (χ0) is 9.84. The highest BCUT2D eigenvalue weighted by Gasteiger charge is 2.07. The lowest BCUT2D eigenvalue weighted by atomic mass is 10.2. The van der Waals surface area contributed by atoms with Crippen LogP contribution in [0.25, 0.3) is 0 Å². The first-order valence-electron chi connectivity index (χ1n) is 3.85. The van der Waals surface area contributed by atoms with Crippen LogP contribution in [0.2, 0.25) is 0 Å². The normalized spacial score (nSPS) is 9.54. The SMILES string of the molecule is [CH2]c1c(OC)cc(OC)cc1OC. The Morgan fingerprint density at radius 3 is 1.69 bits per heavy atom. The second-order valence-corrected chi connectivity index (χ2v) is 2.51. The van der Waals surface area contributed by atoms with Crippen molar-refractivity contribution in [2.24, 2.45) is 0 Å². The molecule has 1 aromatic carbocycles. The van der Waals surface area contributed by atoms with Crippen LogP contribution >= 0.6 is 0 Å². The molecule has 1 aromatic rings. The number of hydrogen-bond acceptors (Lipinski definition) is 3. The predicted molar refractivity (Wildman–Crippen MR) is 50.6 cm³/mol. The highest BCUT2D eigenvalue weighted by molar-refractivity contribution is 5.52. The van der Waals surface area contributed by atoms with E-state index in [1.54, 1.807) is 33.5 Å². The maximum atomic E-state index is 5.11. The van der Waals surface area contributed by atoms with Gasteiger partial charge in [-0.15, -0.1) is 0 Å². The zero-order valence-electron chi connectivity index (χ0n) is 8.09. The Balaban J connectivity index is 3.20. The number of rotatable bonds is 3. The average molecular weight is 181 g/mol. The Kier molecular flexibility index (Phi) is 3.01. The molecule has 0 amide bonds. The van der Waals surface area contributed by atoms with Gasteiger partial charge in [0.15, 0.2) is 0 Å². The van der Waals surface area contributed by atoms with Gasteiger partial charge in [0.2, 0.25) is 0 Å². The summed E-state index contributed by atoms with van der Waals surface area (Å²) in [6.45, 7) is 3.83. The maximum Gasteiger partial charge on any atom is 0.129 e. The molecule has 0 bridgehead atoms. The molecule has 0 aliphatic heterocycles. The number of methoxy groups -OCH3 is 3. The van der Waals surface area contributed by atoms with Gasteiger partial charge in [-0.2, -0.15) is 0 Å². The molecule has 0 unspecified atom stereocenters. The van der Waals surface area contributed by atoms with Crippen molar-refractivity contribution >= 4 is 0 Å². The summed E-state index contributed by atoms with van der Waals surface area (Å²) in [5, 5.41) is 0. The van der Waals surface area contributed by atoms with Gasteiger partial charge in [-0.1, -0.05) is 0 Å². The Morgan fingerprint density at radius 1 is 0.923 bits per heavy atom. The van der Waals surface area contributed by atoms with Gasteiger partial charge >= 0.3 is 0 Å². The summed E-state index contributed by atoms with van der Waals surface area (Å²) < 4.78 is 15.3. The van der Waals surface area contributed by atoms with E-state index in [-0.39, 0.29) is 0 Å². The molecule has 3 nitrogen and oxygen atoms in total. The molecule has 0 atom stereocenters. The maximum absolute atomic E-state index is 5.11. The van der Waals surface area contributed by atoms with E-state index in [4.69, 9.17) is 14.2 Å². The second kappa shape index (κ2) is 4.03. The average Bonchev–Trinajstić information content (AvgIpc) is 2.18. The molecule has 0 aromatic heterocycles. The Morgan fingerprint density at radius 2 is 1.38 bits per heavy atom. The third-order valence-corrected chi connectivity index (χ3v) is 1.82. The van der Waals surface area contributed by atoms with E-state index in [0.29, 0.717) is 17.2 Å². The fourth-order valence-corrected chi connectivity index (χ4v) is 1.08. The van der Waals surface area contributed by atoms with Crippen LogP contribution < -0.4 is 14.2 Å². The molecule has 0 aliphatic rings. The quantitative estimate of drug-likeness (QED) is 0.712. The zero-order valence-corrected chi connectivity index (χ0v) is 8.09. The monoisotopic (exact) mass is 181 g/mol. The summed E-state index contributed by atoms with van der Waals surface area (Å²) in [6, 6.07) is 3.54. The lowest BCUT2D eigenvalue weighted by Gasteiger charge is -2.11. The van der Waals surface area contributed by atoms with Crippen molar-refractivity contribution in [1.29, 1.82) is 0 Å². The van der Waals surface area contributed by atoms with Gasteiger partial charge in [-0.3, -0.25) is 0 Å². The summed E-state index contributed by atoms with van der Waals surface area (Å²) in [7, 11) is 4.77. The standard InChI is InChI=1S/C10H13O3/c1-7-9(12-3)5-8(11-2)6-10(7)13-4/h5-6H,1H2,2-4H3. The van der Waals surface area contributed by atoms with E-state index in [1.165, 1.54) is 0 Å². The molecule has 1 radical (unpaired) electrons. The summed E-state index contributed by atoms with van der Waals surface area (Å²) in [5.41, 5.74) is 0.728. The van der Waals surface area contributed by atoms with Gasteiger partial charge in [0.1, 0.15) is 17.2 Å². The van der Waals surface area contributed by atoms with Gasteiger partial charge in [0.05, 0.1) is 21.3 Å². The molecule has 0 N–H and O–H groups in total. The van der Waals surface area contributed by atoms with Crippen molar-refractivity contribution in [2.75, 3.05) is 21.3 Å². The molecule has 0 saturated heterocycles. The highest BCUT2D eigenvalue weighted by Crippen LogP contribution is 2.32. The molecule has 0 aliphatic carbocycles. The lowest BCUT2D eigenvalue weighted by molar-refractivity contribution is 0.373. The van der Waals surface area contributed by atoms with Crippen molar-refractivity contribution in [3.63, 3.8) is 0 Å². The van der Waals surface area contributed by atoms with Crippen LogP contribution in [0.1, 0.15) is 5.56 Å². The van der Waals surface area contributed by atoms with Crippen molar-refractivity contribution in [1.82, 2.24) is 0 Å². The van der Waals surface area contributed by atoms with Crippen LogP contribution in [0.5, 0.6) is 17.2 Å². The van der Waals surface area contributed by atoms with E-state index in [1.807, 2.05) is 0 Å². The minimum atomic E-state index is 0.663. The van der Waals surface area contributed by atoms with E-state index in [9.17, 15) is 0 Å². The summed E-state index contributed by atoms with van der Waals surface area (Å²) in [4.78, 5) is 0. The van der Waals surface area contributed by atoms with Crippen molar-refractivity contribution in [3.05, 3.63) is 24.6 Å². The van der Waals surface area contributed by atoms with Crippen molar-refractivity contribution in [3.8, 4) is 17.2 Å². The largest absolute Gasteiger partial charge is 0.496 e. The highest BCUT2D eigenvalue weighted by atomic mass is 16.5. The third-order valence-electron chi connectivity index (χ3n) is 1.82. The molecule has 0 saturated carbocycles. The fraction of sp³-hybridized carbons (Fsp3) is 0.300. The van der Waals surface area contributed by atoms with Crippen LogP contribution in [0.4, 0.5) is 0 Å². The molecular weight excluding hydrogens is 168 g/mol. The molecular formula is C10H13O3. The van der Waals surface area contributed by atoms with E-state index >= 15 is 0 Å². The Bertz CT molecular complexity index is 269. The summed E-state index contributed by atoms with van der Waals surface area (Å²) >= 11 is 0. The Labute approximate surface area is 78.2 Å². The van der Waals surface area contributed by atoms with Gasteiger partial charge in [0, 0.05) is 17.7 Å². The molecule has 0 fully saturated rings. The van der Waals surface area contributed by atoms with Crippen molar-refractivity contribution in [2.45, 2.75) is 0 Å². The van der Waals surface area contributed by atoms with Gasteiger partial charge in [-0.25, -0.2) is 0 Å². The first-order valence-corrected chi connectivity index (χ1v) is 3.85. The minimum absolute atomic E-state index is 0.663. The van der Waals surface area contributed by atoms with Crippen LogP contribution in [0.15, 0.2) is 12.1 Å². The smallest absolute Gasteiger partial charge is 0.129 e. The van der Waals surface area contributed by atoms with Crippen LogP contribution in [-0.4, -0.2) is 21.3 Å². The molecule has 1 rings (SSSR count). The van der Waals surface area contributed by atoms with E-state index in [2.05, 4.69) is 6.92 Å². The first kappa shape index (κ1) is 9.71.